The molecule has 7 heteroatoms. The Bertz CT molecular complexity index is 297. The van der Waals surface area contributed by atoms with E-state index in [2.05, 4.69) is 6.58 Å². The smallest absolute Gasteiger partial charge is 0.246 e. The Labute approximate surface area is 98.5 Å². The first-order valence-electron chi connectivity index (χ1n) is 5.13. The van der Waals surface area contributed by atoms with Gasteiger partial charge in [0.15, 0.2) is 6.29 Å². The summed E-state index contributed by atoms with van der Waals surface area (Å²) < 4.78 is 4.91. The van der Waals surface area contributed by atoms with E-state index in [0.29, 0.717) is 0 Å². The number of carbonyl (C=O) groups excluding carboxylic acids is 1. The number of likely N-dealkylation sites (N-methyl/N-ethyl adjacent to an activating group) is 1. The summed E-state index contributed by atoms with van der Waals surface area (Å²) in [5, 5.41) is 37.9. The molecule has 98 valence electrons. The van der Waals surface area contributed by atoms with E-state index in [1.54, 1.807) is 0 Å². The lowest BCUT2D eigenvalue weighted by Crippen LogP contribution is -2.64. The quantitative estimate of drug-likeness (QED) is 0.408. The van der Waals surface area contributed by atoms with Gasteiger partial charge < -0.3 is 30.1 Å². The summed E-state index contributed by atoms with van der Waals surface area (Å²) in [4.78, 5) is 12.4. The van der Waals surface area contributed by atoms with E-state index < -0.39 is 43.2 Å². The molecule has 0 spiro atoms. The van der Waals surface area contributed by atoms with Crippen LogP contribution in [0.1, 0.15) is 0 Å². The molecular weight excluding hydrogens is 230 g/mol. The average molecular weight is 247 g/mol. The van der Waals surface area contributed by atoms with Crippen LogP contribution in [0.25, 0.3) is 0 Å². The SMILES string of the molecule is C=CC(=O)N(C)[C@H]1C(O)O[C@H](CO)[C@@H](O)[C@@H]1O. The fraction of sp³-hybridized carbons (Fsp3) is 0.700. The van der Waals surface area contributed by atoms with E-state index in [9.17, 15) is 20.1 Å². The van der Waals surface area contributed by atoms with Crippen LogP contribution in [-0.4, -0.2) is 75.5 Å². The topological polar surface area (TPSA) is 110 Å². The zero-order valence-electron chi connectivity index (χ0n) is 9.43. The maximum atomic E-state index is 11.4. The predicted octanol–water partition coefficient (Wildman–Crippen LogP) is -2.57. The summed E-state index contributed by atoms with van der Waals surface area (Å²) in [7, 11) is 1.34. The third-order valence-electron chi connectivity index (χ3n) is 2.84. The number of hydrogen-bond acceptors (Lipinski definition) is 6. The molecule has 1 heterocycles. The Morgan fingerprint density at radius 1 is 1.41 bits per heavy atom. The molecule has 1 aliphatic rings. The third-order valence-corrected chi connectivity index (χ3v) is 2.84. The number of nitrogens with zero attached hydrogens (tertiary/aromatic N) is 1. The molecule has 4 N–H and O–H groups in total. The highest BCUT2D eigenvalue weighted by atomic mass is 16.6. The molecule has 1 rings (SSSR count). The second-order valence-corrected chi connectivity index (χ2v) is 3.87. The molecule has 0 bridgehead atoms. The van der Waals surface area contributed by atoms with Gasteiger partial charge in [-0.05, 0) is 6.08 Å². The van der Waals surface area contributed by atoms with Crippen molar-refractivity contribution in [2.75, 3.05) is 13.7 Å². The zero-order chi connectivity index (χ0) is 13.2. The molecule has 0 aromatic carbocycles. The monoisotopic (exact) mass is 247 g/mol. The zero-order valence-corrected chi connectivity index (χ0v) is 9.43. The van der Waals surface area contributed by atoms with Gasteiger partial charge in [0.2, 0.25) is 5.91 Å². The van der Waals surface area contributed by atoms with Gasteiger partial charge in [-0.15, -0.1) is 0 Å². The van der Waals surface area contributed by atoms with Gasteiger partial charge in [-0.1, -0.05) is 6.58 Å². The molecule has 0 saturated carbocycles. The average Bonchev–Trinajstić information content (AvgIpc) is 2.32. The van der Waals surface area contributed by atoms with Crippen LogP contribution >= 0.6 is 0 Å². The standard InChI is InChI=1S/C10H17NO6/c1-3-6(13)11(2)7-9(15)8(14)5(4-12)17-10(7)16/h3,5,7-10,12,14-16H,1,4H2,2H3/t5-,7-,8-,9-,10?/m1/s1. The van der Waals surface area contributed by atoms with Gasteiger partial charge in [0.25, 0.3) is 0 Å². The van der Waals surface area contributed by atoms with Crippen molar-refractivity contribution >= 4 is 5.91 Å². The van der Waals surface area contributed by atoms with Crippen molar-refractivity contribution in [1.82, 2.24) is 4.90 Å². The fourth-order valence-electron chi connectivity index (χ4n) is 1.79. The molecule has 1 saturated heterocycles. The molecular formula is C10H17NO6. The Morgan fingerprint density at radius 3 is 2.47 bits per heavy atom. The lowest BCUT2D eigenvalue weighted by Gasteiger charge is -2.43. The summed E-state index contributed by atoms with van der Waals surface area (Å²) in [6, 6.07) is -1.11. The van der Waals surface area contributed by atoms with Crippen molar-refractivity contribution in [1.29, 1.82) is 0 Å². The van der Waals surface area contributed by atoms with Crippen LogP contribution < -0.4 is 0 Å². The molecule has 1 unspecified atom stereocenters. The molecule has 1 fully saturated rings. The van der Waals surface area contributed by atoms with Crippen molar-refractivity contribution in [3.63, 3.8) is 0 Å². The summed E-state index contributed by atoms with van der Waals surface area (Å²) in [5.41, 5.74) is 0. The van der Waals surface area contributed by atoms with Crippen molar-refractivity contribution in [3.8, 4) is 0 Å². The number of rotatable bonds is 3. The van der Waals surface area contributed by atoms with E-state index in [1.165, 1.54) is 7.05 Å². The van der Waals surface area contributed by atoms with Crippen LogP contribution in [0.15, 0.2) is 12.7 Å². The van der Waals surface area contributed by atoms with E-state index in [0.717, 1.165) is 11.0 Å². The molecule has 0 aromatic rings. The summed E-state index contributed by atoms with van der Waals surface area (Å²) in [5.74, 6) is -0.522. The summed E-state index contributed by atoms with van der Waals surface area (Å²) in [6.07, 6.45) is -4.34. The fourth-order valence-corrected chi connectivity index (χ4v) is 1.79. The highest BCUT2D eigenvalue weighted by Crippen LogP contribution is 2.23. The summed E-state index contributed by atoms with van der Waals surface area (Å²) in [6.45, 7) is 2.74. The van der Waals surface area contributed by atoms with E-state index >= 15 is 0 Å². The molecule has 0 radical (unpaired) electrons. The maximum Gasteiger partial charge on any atom is 0.246 e. The maximum absolute atomic E-state index is 11.4. The number of ether oxygens (including phenoxy) is 1. The predicted molar refractivity (Wildman–Crippen MR) is 56.7 cm³/mol. The van der Waals surface area contributed by atoms with Crippen LogP contribution in [0.5, 0.6) is 0 Å². The highest BCUT2D eigenvalue weighted by molar-refractivity contribution is 5.87. The minimum atomic E-state index is -1.49. The van der Waals surface area contributed by atoms with Crippen LogP contribution in [0.3, 0.4) is 0 Å². The van der Waals surface area contributed by atoms with Gasteiger partial charge in [0, 0.05) is 7.05 Å². The first kappa shape index (κ1) is 14.1. The largest absolute Gasteiger partial charge is 0.394 e. The molecule has 7 nitrogen and oxygen atoms in total. The number of amides is 1. The third kappa shape index (κ3) is 2.64. The van der Waals surface area contributed by atoms with Crippen LogP contribution in [0, 0.1) is 0 Å². The van der Waals surface area contributed by atoms with Crippen LogP contribution in [0.2, 0.25) is 0 Å². The van der Waals surface area contributed by atoms with Gasteiger partial charge >= 0.3 is 0 Å². The van der Waals surface area contributed by atoms with E-state index in [4.69, 9.17) is 9.84 Å². The second-order valence-electron chi connectivity index (χ2n) is 3.87. The van der Waals surface area contributed by atoms with Gasteiger partial charge in [0.05, 0.1) is 6.61 Å². The molecule has 0 aliphatic carbocycles. The molecule has 17 heavy (non-hydrogen) atoms. The number of aliphatic hydroxyl groups is 4. The van der Waals surface area contributed by atoms with E-state index in [1.807, 2.05) is 0 Å². The van der Waals surface area contributed by atoms with E-state index in [-0.39, 0.29) is 0 Å². The molecule has 0 aromatic heterocycles. The number of aliphatic hydroxyl groups excluding tert-OH is 4. The van der Waals surface area contributed by atoms with Crippen LogP contribution in [0.4, 0.5) is 0 Å². The van der Waals surface area contributed by atoms with Gasteiger partial charge in [-0.25, -0.2) is 0 Å². The Hall–Kier alpha value is -0.990. The first-order valence-corrected chi connectivity index (χ1v) is 5.13. The molecule has 1 aliphatic heterocycles. The minimum Gasteiger partial charge on any atom is -0.394 e. The number of carbonyl (C=O) groups is 1. The van der Waals surface area contributed by atoms with Crippen molar-refractivity contribution < 1.29 is 30.0 Å². The Balaban J connectivity index is 2.86. The normalized spacial score (nSPS) is 37.6. The lowest BCUT2D eigenvalue weighted by molar-refractivity contribution is -0.268. The second kappa shape index (κ2) is 5.56. The van der Waals surface area contributed by atoms with Gasteiger partial charge in [-0.3, -0.25) is 4.79 Å². The number of hydrogen-bond donors (Lipinski definition) is 4. The molecule has 1 amide bonds. The van der Waals surface area contributed by atoms with Gasteiger partial charge in [0.1, 0.15) is 24.4 Å². The first-order chi connectivity index (χ1) is 7.93. The lowest BCUT2D eigenvalue weighted by atomic mass is 9.96. The van der Waals surface area contributed by atoms with Crippen LogP contribution in [-0.2, 0) is 9.53 Å². The molecule has 5 atom stereocenters. The summed E-state index contributed by atoms with van der Waals surface area (Å²) >= 11 is 0. The Morgan fingerprint density at radius 2 is 2.00 bits per heavy atom. The van der Waals surface area contributed by atoms with Crippen molar-refractivity contribution in [2.45, 2.75) is 30.6 Å². The minimum absolute atomic E-state index is 0.522. The van der Waals surface area contributed by atoms with Gasteiger partial charge in [-0.2, -0.15) is 0 Å². The Kier molecular flexibility index (Phi) is 4.61. The van der Waals surface area contributed by atoms with Crippen molar-refractivity contribution in [3.05, 3.63) is 12.7 Å². The highest BCUT2D eigenvalue weighted by Gasteiger charge is 2.46. The van der Waals surface area contributed by atoms with Crippen molar-refractivity contribution in [2.24, 2.45) is 0 Å².